The third-order valence-corrected chi connectivity index (χ3v) is 3.78. The Balaban J connectivity index is 0.00000264. The minimum atomic E-state index is -0.0472. The average Bonchev–Trinajstić information content (AvgIpc) is 2.55. The number of amides is 1. The Labute approximate surface area is 143 Å². The number of rotatable bonds is 5. The molecular formula is C18H23ClN2O2. The summed E-state index contributed by atoms with van der Waals surface area (Å²) in [4.78, 5) is 14.6. The van der Waals surface area contributed by atoms with Crippen molar-refractivity contribution in [2.45, 2.75) is 19.9 Å². The third-order valence-electron chi connectivity index (χ3n) is 3.78. The van der Waals surface area contributed by atoms with Crippen LogP contribution in [0.15, 0.2) is 48.5 Å². The number of methoxy groups -OCH3 is 1. The molecule has 23 heavy (non-hydrogen) atoms. The van der Waals surface area contributed by atoms with Crippen LogP contribution >= 0.6 is 12.4 Å². The van der Waals surface area contributed by atoms with E-state index in [1.54, 1.807) is 31.4 Å². The largest absolute Gasteiger partial charge is 0.497 e. The second-order valence-electron chi connectivity index (χ2n) is 5.17. The highest BCUT2D eigenvalue weighted by molar-refractivity contribution is 5.95. The normalized spacial score (nSPS) is 11.3. The number of carbonyl (C=O) groups excluding carboxylic acids is 1. The van der Waals surface area contributed by atoms with Gasteiger partial charge in [-0.1, -0.05) is 18.2 Å². The number of carbonyl (C=O) groups is 1. The molecule has 0 fully saturated rings. The number of nitrogen functional groups attached to an aromatic ring is 1. The first-order valence-electron chi connectivity index (χ1n) is 7.37. The first-order chi connectivity index (χ1) is 10.6. The molecule has 0 spiro atoms. The number of nitrogens with two attached hydrogens (primary N) is 1. The zero-order valence-electron chi connectivity index (χ0n) is 13.7. The second kappa shape index (κ2) is 8.44. The molecule has 0 saturated heterocycles. The number of ether oxygens (including phenoxy) is 1. The maximum atomic E-state index is 12.7. The molecule has 1 amide bonds. The lowest BCUT2D eigenvalue weighted by atomic mass is 10.0. The summed E-state index contributed by atoms with van der Waals surface area (Å²) in [6.07, 6.45) is 0. The van der Waals surface area contributed by atoms with Crippen LogP contribution in [0.5, 0.6) is 5.75 Å². The van der Waals surface area contributed by atoms with Crippen molar-refractivity contribution in [3.8, 4) is 5.75 Å². The predicted octanol–water partition coefficient (Wildman–Crippen LogP) is 3.92. The number of benzene rings is 2. The summed E-state index contributed by atoms with van der Waals surface area (Å²) in [5, 5.41) is 0. The molecule has 124 valence electrons. The standard InChI is InChI=1S/C18H22N2O2.ClH/c1-4-20(18(21)15-8-5-9-16(19)11-15)13(2)14-7-6-10-17(12-14)22-3;/h5-13H,4,19H2,1-3H3;1H. The van der Waals surface area contributed by atoms with E-state index in [0.29, 0.717) is 17.8 Å². The molecule has 0 bridgehead atoms. The fourth-order valence-corrected chi connectivity index (χ4v) is 2.51. The molecule has 2 aromatic rings. The van der Waals surface area contributed by atoms with E-state index in [1.165, 1.54) is 0 Å². The van der Waals surface area contributed by atoms with E-state index in [-0.39, 0.29) is 24.4 Å². The minimum absolute atomic E-state index is 0. The van der Waals surface area contributed by atoms with Gasteiger partial charge in [-0.15, -0.1) is 12.4 Å². The van der Waals surface area contributed by atoms with Crippen LogP contribution in [0.4, 0.5) is 5.69 Å². The van der Waals surface area contributed by atoms with Crippen molar-refractivity contribution in [3.63, 3.8) is 0 Å². The molecule has 0 heterocycles. The highest BCUT2D eigenvalue weighted by Crippen LogP contribution is 2.25. The van der Waals surface area contributed by atoms with Crippen molar-refractivity contribution >= 4 is 24.0 Å². The Bertz CT molecular complexity index is 661. The van der Waals surface area contributed by atoms with Crippen molar-refractivity contribution in [2.75, 3.05) is 19.4 Å². The molecule has 0 aliphatic heterocycles. The average molecular weight is 335 g/mol. The van der Waals surface area contributed by atoms with Crippen LogP contribution in [0.3, 0.4) is 0 Å². The van der Waals surface area contributed by atoms with Crippen LogP contribution in [0, 0.1) is 0 Å². The Kier molecular flexibility index (Phi) is 6.91. The highest BCUT2D eigenvalue weighted by Gasteiger charge is 2.21. The lowest BCUT2D eigenvalue weighted by molar-refractivity contribution is 0.0702. The zero-order valence-corrected chi connectivity index (χ0v) is 14.5. The van der Waals surface area contributed by atoms with E-state index in [2.05, 4.69) is 0 Å². The molecule has 1 unspecified atom stereocenters. The fourth-order valence-electron chi connectivity index (χ4n) is 2.51. The molecule has 2 rings (SSSR count). The van der Waals surface area contributed by atoms with Crippen molar-refractivity contribution < 1.29 is 9.53 Å². The summed E-state index contributed by atoms with van der Waals surface area (Å²) in [5.74, 6) is 0.766. The molecule has 0 radical (unpaired) electrons. The summed E-state index contributed by atoms with van der Waals surface area (Å²) in [6, 6.07) is 14.8. The van der Waals surface area contributed by atoms with Crippen LogP contribution < -0.4 is 10.5 Å². The van der Waals surface area contributed by atoms with E-state index in [0.717, 1.165) is 11.3 Å². The number of hydrogen-bond donors (Lipinski definition) is 1. The first kappa shape index (κ1) is 18.8. The van der Waals surface area contributed by atoms with Crippen LogP contribution in [0.1, 0.15) is 35.8 Å². The van der Waals surface area contributed by atoms with Crippen LogP contribution in [-0.4, -0.2) is 24.5 Å². The molecule has 0 aliphatic rings. The zero-order chi connectivity index (χ0) is 16.1. The number of anilines is 1. The highest BCUT2D eigenvalue weighted by atomic mass is 35.5. The molecule has 2 aromatic carbocycles. The van der Waals surface area contributed by atoms with Gasteiger partial charge in [0.15, 0.2) is 0 Å². The quantitative estimate of drug-likeness (QED) is 0.843. The summed E-state index contributed by atoms with van der Waals surface area (Å²) in [7, 11) is 1.64. The first-order valence-corrected chi connectivity index (χ1v) is 7.37. The summed E-state index contributed by atoms with van der Waals surface area (Å²) < 4.78 is 5.26. The van der Waals surface area contributed by atoms with E-state index in [1.807, 2.05) is 43.0 Å². The van der Waals surface area contributed by atoms with Gasteiger partial charge in [0.1, 0.15) is 5.75 Å². The number of hydrogen-bond acceptors (Lipinski definition) is 3. The van der Waals surface area contributed by atoms with E-state index in [9.17, 15) is 4.79 Å². The minimum Gasteiger partial charge on any atom is -0.497 e. The maximum Gasteiger partial charge on any atom is 0.254 e. The van der Waals surface area contributed by atoms with Gasteiger partial charge in [0.2, 0.25) is 0 Å². The third kappa shape index (κ3) is 4.39. The summed E-state index contributed by atoms with van der Waals surface area (Å²) in [6.45, 7) is 4.61. The molecule has 0 saturated carbocycles. The smallest absolute Gasteiger partial charge is 0.254 e. The van der Waals surface area contributed by atoms with Gasteiger partial charge in [-0.2, -0.15) is 0 Å². The van der Waals surface area contributed by atoms with Crippen molar-refractivity contribution in [1.82, 2.24) is 4.90 Å². The van der Waals surface area contributed by atoms with E-state index in [4.69, 9.17) is 10.5 Å². The van der Waals surface area contributed by atoms with Crippen molar-refractivity contribution in [1.29, 1.82) is 0 Å². The number of nitrogens with zero attached hydrogens (tertiary/aromatic N) is 1. The summed E-state index contributed by atoms with van der Waals surface area (Å²) in [5.41, 5.74) is 8.02. The van der Waals surface area contributed by atoms with E-state index >= 15 is 0 Å². The molecule has 0 aliphatic carbocycles. The molecule has 0 aromatic heterocycles. The second-order valence-corrected chi connectivity index (χ2v) is 5.17. The van der Waals surface area contributed by atoms with E-state index < -0.39 is 0 Å². The van der Waals surface area contributed by atoms with Gasteiger partial charge >= 0.3 is 0 Å². The Morgan fingerprint density at radius 2 is 1.91 bits per heavy atom. The van der Waals surface area contributed by atoms with Crippen LogP contribution in [0.25, 0.3) is 0 Å². The van der Waals surface area contributed by atoms with Gasteiger partial charge in [-0.3, -0.25) is 4.79 Å². The number of halogens is 1. The van der Waals surface area contributed by atoms with Crippen LogP contribution in [0.2, 0.25) is 0 Å². The maximum absolute atomic E-state index is 12.7. The Morgan fingerprint density at radius 1 is 1.22 bits per heavy atom. The van der Waals surface area contributed by atoms with Gasteiger partial charge < -0.3 is 15.4 Å². The van der Waals surface area contributed by atoms with Gasteiger partial charge in [0.25, 0.3) is 5.91 Å². The Hall–Kier alpha value is -2.20. The molecular weight excluding hydrogens is 312 g/mol. The molecule has 2 N–H and O–H groups in total. The SMILES string of the molecule is CCN(C(=O)c1cccc(N)c1)C(C)c1cccc(OC)c1.Cl. The van der Waals surface area contributed by atoms with Gasteiger partial charge in [-0.25, -0.2) is 0 Å². The van der Waals surface area contributed by atoms with Gasteiger partial charge in [-0.05, 0) is 49.7 Å². The van der Waals surface area contributed by atoms with Crippen molar-refractivity contribution in [2.24, 2.45) is 0 Å². The monoisotopic (exact) mass is 334 g/mol. The predicted molar refractivity (Wildman–Crippen MR) is 96.2 cm³/mol. The lowest BCUT2D eigenvalue weighted by Crippen LogP contribution is -2.33. The lowest BCUT2D eigenvalue weighted by Gasteiger charge is -2.29. The fraction of sp³-hybridized carbons (Fsp3) is 0.278. The molecule has 4 nitrogen and oxygen atoms in total. The summed E-state index contributed by atoms with van der Waals surface area (Å²) >= 11 is 0. The topological polar surface area (TPSA) is 55.6 Å². The van der Waals surface area contributed by atoms with Crippen molar-refractivity contribution in [3.05, 3.63) is 59.7 Å². The van der Waals surface area contributed by atoms with Crippen LogP contribution in [-0.2, 0) is 0 Å². The molecule has 5 heteroatoms. The van der Waals surface area contributed by atoms with Gasteiger partial charge in [0, 0.05) is 17.8 Å². The molecule has 1 atom stereocenters. The van der Waals surface area contributed by atoms with Gasteiger partial charge in [0.05, 0.1) is 13.2 Å². The Morgan fingerprint density at radius 3 is 2.52 bits per heavy atom.